The van der Waals surface area contributed by atoms with Crippen LogP contribution in [0.2, 0.25) is 0 Å². The maximum Gasteiger partial charge on any atom is 0.161 e. The highest BCUT2D eigenvalue weighted by molar-refractivity contribution is 4.91. The predicted molar refractivity (Wildman–Crippen MR) is 48.1 cm³/mol. The molecule has 2 bridgehead atoms. The van der Waals surface area contributed by atoms with Crippen molar-refractivity contribution in [1.82, 2.24) is 0 Å². The molecule has 2 aliphatic heterocycles. The van der Waals surface area contributed by atoms with Crippen LogP contribution in [0.25, 0.3) is 0 Å². The van der Waals surface area contributed by atoms with Gasteiger partial charge in [0.15, 0.2) is 6.29 Å². The third-order valence-electron chi connectivity index (χ3n) is 3.32. The molecule has 0 aliphatic carbocycles. The van der Waals surface area contributed by atoms with E-state index >= 15 is 0 Å². The minimum absolute atomic E-state index is 0.0826. The summed E-state index contributed by atoms with van der Waals surface area (Å²) in [4.78, 5) is 0. The van der Waals surface area contributed by atoms with E-state index in [0.29, 0.717) is 24.4 Å². The summed E-state index contributed by atoms with van der Waals surface area (Å²) in [5, 5.41) is 9.99. The Balaban J connectivity index is 2.17. The maximum absolute atomic E-state index is 9.99. The van der Waals surface area contributed by atoms with Gasteiger partial charge in [-0.15, -0.1) is 0 Å². The van der Waals surface area contributed by atoms with E-state index in [1.807, 2.05) is 0 Å². The first-order chi connectivity index (χ1) is 6.11. The fourth-order valence-electron chi connectivity index (χ4n) is 2.64. The number of hydrogen-bond acceptors (Lipinski definition) is 3. The van der Waals surface area contributed by atoms with Gasteiger partial charge in [-0.25, -0.2) is 0 Å². The monoisotopic (exact) mass is 186 g/mol. The van der Waals surface area contributed by atoms with Gasteiger partial charge < -0.3 is 14.6 Å². The van der Waals surface area contributed by atoms with Gasteiger partial charge in [-0.2, -0.15) is 0 Å². The van der Waals surface area contributed by atoms with Gasteiger partial charge in [-0.3, -0.25) is 0 Å². The third-order valence-corrected chi connectivity index (χ3v) is 3.32. The number of aliphatic hydroxyl groups is 1. The van der Waals surface area contributed by atoms with E-state index in [2.05, 4.69) is 20.8 Å². The van der Waals surface area contributed by atoms with Gasteiger partial charge in [0.05, 0.1) is 12.7 Å². The zero-order valence-electron chi connectivity index (χ0n) is 8.43. The standard InChI is InChI=1S/C10H18O3/c1-5(2)8-6(3)10-12-4-7(13-10)9(8)11/h5-11H,4H2,1-3H3/t6-,7+,8-,9-,10+/m1/s1. The van der Waals surface area contributed by atoms with Crippen molar-refractivity contribution >= 4 is 0 Å². The quantitative estimate of drug-likeness (QED) is 0.664. The summed E-state index contributed by atoms with van der Waals surface area (Å²) in [6.45, 7) is 6.95. The molecule has 3 heteroatoms. The summed E-state index contributed by atoms with van der Waals surface area (Å²) in [6.07, 6.45) is -0.525. The second-order valence-corrected chi connectivity index (χ2v) is 4.55. The largest absolute Gasteiger partial charge is 0.390 e. The minimum Gasteiger partial charge on any atom is -0.390 e. The van der Waals surface area contributed by atoms with Crippen LogP contribution < -0.4 is 0 Å². The van der Waals surface area contributed by atoms with Crippen LogP contribution in [0.4, 0.5) is 0 Å². The first-order valence-electron chi connectivity index (χ1n) is 5.06. The first-order valence-corrected chi connectivity index (χ1v) is 5.06. The van der Waals surface area contributed by atoms with Crippen LogP contribution in [-0.4, -0.2) is 30.2 Å². The van der Waals surface area contributed by atoms with Crippen molar-refractivity contribution in [2.24, 2.45) is 17.8 Å². The Morgan fingerprint density at radius 2 is 2.08 bits per heavy atom. The molecule has 2 heterocycles. The van der Waals surface area contributed by atoms with Crippen molar-refractivity contribution in [3.63, 3.8) is 0 Å². The Morgan fingerprint density at radius 1 is 1.38 bits per heavy atom. The molecule has 76 valence electrons. The van der Waals surface area contributed by atoms with E-state index in [-0.39, 0.29) is 18.5 Å². The van der Waals surface area contributed by atoms with Crippen LogP contribution in [-0.2, 0) is 9.47 Å². The van der Waals surface area contributed by atoms with E-state index in [1.165, 1.54) is 0 Å². The van der Waals surface area contributed by atoms with Crippen molar-refractivity contribution in [1.29, 1.82) is 0 Å². The van der Waals surface area contributed by atoms with Crippen LogP contribution in [0, 0.1) is 17.8 Å². The fourth-order valence-corrected chi connectivity index (χ4v) is 2.64. The normalized spacial score (nSPS) is 50.1. The van der Waals surface area contributed by atoms with E-state index in [0.717, 1.165) is 0 Å². The number of rotatable bonds is 1. The summed E-state index contributed by atoms with van der Waals surface area (Å²) in [6, 6.07) is 0. The van der Waals surface area contributed by atoms with Crippen LogP contribution >= 0.6 is 0 Å². The summed E-state index contributed by atoms with van der Waals surface area (Å²) >= 11 is 0. The van der Waals surface area contributed by atoms with Crippen molar-refractivity contribution in [3.8, 4) is 0 Å². The summed E-state index contributed by atoms with van der Waals surface area (Å²) in [5.74, 6) is 1.10. The van der Waals surface area contributed by atoms with Crippen LogP contribution in [0.1, 0.15) is 20.8 Å². The topological polar surface area (TPSA) is 38.7 Å². The van der Waals surface area contributed by atoms with E-state index in [1.54, 1.807) is 0 Å². The van der Waals surface area contributed by atoms with Gasteiger partial charge in [0.2, 0.25) is 0 Å². The molecular formula is C10H18O3. The molecule has 0 saturated carbocycles. The Morgan fingerprint density at radius 3 is 2.69 bits per heavy atom. The molecule has 0 aromatic rings. The molecule has 2 aliphatic rings. The van der Waals surface area contributed by atoms with Gasteiger partial charge in [0.1, 0.15) is 6.10 Å². The zero-order valence-corrected chi connectivity index (χ0v) is 8.43. The summed E-state index contributed by atoms with van der Waals surface area (Å²) < 4.78 is 11.0. The molecule has 2 fully saturated rings. The molecule has 2 rings (SSSR count). The molecule has 0 aromatic heterocycles. The number of aliphatic hydroxyl groups excluding tert-OH is 1. The van der Waals surface area contributed by atoms with Crippen molar-refractivity contribution in [2.45, 2.75) is 39.3 Å². The van der Waals surface area contributed by atoms with Crippen molar-refractivity contribution in [2.75, 3.05) is 6.61 Å². The molecule has 0 amide bonds. The highest BCUT2D eigenvalue weighted by Gasteiger charge is 2.48. The lowest BCUT2D eigenvalue weighted by Crippen LogP contribution is -2.47. The van der Waals surface area contributed by atoms with Gasteiger partial charge in [0, 0.05) is 5.92 Å². The fraction of sp³-hybridized carbons (Fsp3) is 1.00. The third kappa shape index (κ3) is 1.39. The van der Waals surface area contributed by atoms with E-state index < -0.39 is 0 Å². The predicted octanol–water partition coefficient (Wildman–Crippen LogP) is 1.01. The highest BCUT2D eigenvalue weighted by atomic mass is 16.7. The van der Waals surface area contributed by atoms with Crippen molar-refractivity contribution < 1.29 is 14.6 Å². The molecule has 0 unspecified atom stereocenters. The average Bonchev–Trinajstić information content (AvgIpc) is 2.46. The second kappa shape index (κ2) is 3.23. The van der Waals surface area contributed by atoms with E-state index in [4.69, 9.17) is 9.47 Å². The van der Waals surface area contributed by atoms with Crippen LogP contribution in [0.3, 0.4) is 0 Å². The van der Waals surface area contributed by atoms with Crippen LogP contribution in [0.15, 0.2) is 0 Å². The highest BCUT2D eigenvalue weighted by Crippen LogP contribution is 2.39. The molecule has 0 spiro atoms. The smallest absolute Gasteiger partial charge is 0.161 e. The molecule has 1 N–H and O–H groups in total. The number of hydrogen-bond donors (Lipinski definition) is 1. The second-order valence-electron chi connectivity index (χ2n) is 4.55. The van der Waals surface area contributed by atoms with Gasteiger partial charge in [-0.05, 0) is 11.8 Å². The molecule has 3 nitrogen and oxygen atoms in total. The summed E-state index contributed by atoms with van der Waals surface area (Å²) in [7, 11) is 0. The van der Waals surface area contributed by atoms with Crippen molar-refractivity contribution in [3.05, 3.63) is 0 Å². The molecule has 13 heavy (non-hydrogen) atoms. The Hall–Kier alpha value is -0.120. The Kier molecular flexibility index (Phi) is 2.34. The molecule has 2 saturated heterocycles. The maximum atomic E-state index is 9.99. The van der Waals surface area contributed by atoms with Gasteiger partial charge >= 0.3 is 0 Å². The lowest BCUT2D eigenvalue weighted by atomic mass is 9.77. The summed E-state index contributed by atoms with van der Waals surface area (Å²) in [5.41, 5.74) is 0. The first kappa shape index (κ1) is 9.44. The molecule has 0 radical (unpaired) electrons. The Bertz CT molecular complexity index is 177. The molecule has 5 atom stereocenters. The minimum atomic E-state index is -0.353. The lowest BCUT2D eigenvalue weighted by Gasteiger charge is -2.39. The number of ether oxygens (including phenoxy) is 2. The average molecular weight is 186 g/mol. The van der Waals surface area contributed by atoms with E-state index in [9.17, 15) is 5.11 Å². The van der Waals surface area contributed by atoms with Crippen LogP contribution in [0.5, 0.6) is 0 Å². The Labute approximate surface area is 79.0 Å². The zero-order chi connectivity index (χ0) is 9.59. The number of fused-ring (bicyclic) bond motifs is 2. The molecule has 0 aromatic carbocycles. The van der Waals surface area contributed by atoms with Gasteiger partial charge in [-0.1, -0.05) is 20.8 Å². The molecular weight excluding hydrogens is 168 g/mol. The SMILES string of the molecule is CC(C)[C@@H]1[C@@H](C)[C@H]2OC[C@H](O2)[C@H]1O. The van der Waals surface area contributed by atoms with Gasteiger partial charge in [0.25, 0.3) is 0 Å². The lowest BCUT2D eigenvalue weighted by molar-refractivity contribution is -0.185.